The van der Waals surface area contributed by atoms with Crippen LogP contribution < -0.4 is 20.1 Å². The first kappa shape index (κ1) is 26.8. The second-order valence-electron chi connectivity index (χ2n) is 8.05. The van der Waals surface area contributed by atoms with Gasteiger partial charge in [0.1, 0.15) is 31.2 Å². The van der Waals surface area contributed by atoms with Gasteiger partial charge in [-0.1, -0.05) is 29.7 Å². The number of benzene rings is 3. The number of ketones is 1. The number of carbonyl (C=O) groups excluding carboxylic acids is 1. The van der Waals surface area contributed by atoms with Crippen molar-refractivity contribution in [3.63, 3.8) is 0 Å². The van der Waals surface area contributed by atoms with Crippen molar-refractivity contribution in [2.45, 2.75) is 6.54 Å². The summed E-state index contributed by atoms with van der Waals surface area (Å²) in [4.78, 5) is 19.7. The van der Waals surface area contributed by atoms with Crippen molar-refractivity contribution in [1.82, 2.24) is 15.3 Å². The van der Waals surface area contributed by atoms with Gasteiger partial charge in [-0.25, -0.2) is 14.4 Å². The third kappa shape index (κ3) is 6.95. The quantitative estimate of drug-likeness (QED) is 0.205. The Balaban J connectivity index is 1.38. The first-order valence-electron chi connectivity index (χ1n) is 11.6. The molecule has 0 aliphatic rings. The van der Waals surface area contributed by atoms with Crippen molar-refractivity contribution < 1.29 is 23.8 Å². The molecule has 194 valence electrons. The molecule has 4 aromatic rings. The highest BCUT2D eigenvalue weighted by molar-refractivity contribution is 6.31. The van der Waals surface area contributed by atoms with Crippen LogP contribution in [0.5, 0.6) is 11.5 Å². The average Bonchev–Trinajstić information content (AvgIpc) is 2.94. The Kier molecular flexibility index (Phi) is 9.06. The maximum atomic E-state index is 13.5. The number of hydrogen-bond donors (Lipinski definition) is 3. The van der Waals surface area contributed by atoms with Crippen LogP contribution in [0.4, 0.5) is 15.9 Å². The fraction of sp³-hybridized carbons (Fsp3) is 0.179. The van der Waals surface area contributed by atoms with Crippen molar-refractivity contribution in [3.8, 4) is 23.3 Å². The van der Waals surface area contributed by atoms with Crippen LogP contribution in [0.1, 0.15) is 11.1 Å². The highest BCUT2D eigenvalue weighted by atomic mass is 35.5. The number of aromatic nitrogens is 2. The van der Waals surface area contributed by atoms with Crippen LogP contribution in [0.2, 0.25) is 5.02 Å². The molecule has 1 aromatic heterocycles. The SMILES string of the molecule is COc1cc2ncnc(Nc3ccc(F)c(Cl)c3)c2cc1OCCNCc1ccc(C#CC(=O)CO)cc1. The van der Waals surface area contributed by atoms with Gasteiger partial charge in [0.2, 0.25) is 5.78 Å². The number of rotatable bonds is 10. The lowest BCUT2D eigenvalue weighted by molar-refractivity contribution is -0.116. The van der Waals surface area contributed by atoms with Gasteiger partial charge in [0.15, 0.2) is 11.5 Å². The van der Waals surface area contributed by atoms with Gasteiger partial charge >= 0.3 is 0 Å². The number of aliphatic hydroxyl groups is 1. The summed E-state index contributed by atoms with van der Waals surface area (Å²) in [7, 11) is 1.56. The molecular formula is C28H24ClFN4O4. The van der Waals surface area contributed by atoms with Crippen molar-refractivity contribution in [2.24, 2.45) is 0 Å². The van der Waals surface area contributed by atoms with E-state index in [1.54, 1.807) is 25.3 Å². The monoisotopic (exact) mass is 534 g/mol. The molecule has 38 heavy (non-hydrogen) atoms. The molecule has 4 rings (SSSR count). The smallest absolute Gasteiger partial charge is 0.231 e. The molecule has 0 aliphatic heterocycles. The largest absolute Gasteiger partial charge is 0.493 e. The summed E-state index contributed by atoms with van der Waals surface area (Å²) in [5.74, 6) is 5.64. The molecule has 3 aromatic carbocycles. The Hall–Kier alpha value is -4.23. The van der Waals surface area contributed by atoms with Gasteiger partial charge in [0, 0.05) is 35.8 Å². The van der Waals surface area contributed by atoms with Crippen LogP contribution in [-0.2, 0) is 11.3 Å². The highest BCUT2D eigenvalue weighted by Crippen LogP contribution is 2.35. The van der Waals surface area contributed by atoms with Gasteiger partial charge in [-0.2, -0.15) is 0 Å². The molecule has 0 saturated heterocycles. The van der Waals surface area contributed by atoms with Crippen molar-refractivity contribution >= 4 is 39.8 Å². The van der Waals surface area contributed by atoms with Crippen LogP contribution in [0.15, 0.2) is 60.9 Å². The molecule has 0 bridgehead atoms. The van der Waals surface area contributed by atoms with E-state index in [1.165, 1.54) is 18.5 Å². The third-order valence-corrected chi connectivity index (χ3v) is 5.70. The number of nitrogens with zero attached hydrogens (tertiary/aromatic N) is 2. The van der Waals surface area contributed by atoms with E-state index in [1.807, 2.05) is 24.3 Å². The molecule has 0 atom stereocenters. The topological polar surface area (TPSA) is 106 Å². The number of anilines is 2. The Morgan fingerprint density at radius 3 is 2.66 bits per heavy atom. The van der Waals surface area contributed by atoms with E-state index < -0.39 is 18.2 Å². The molecule has 0 spiro atoms. The minimum atomic E-state index is -0.584. The summed E-state index contributed by atoms with van der Waals surface area (Å²) < 4.78 is 25.0. The summed E-state index contributed by atoms with van der Waals surface area (Å²) in [5, 5.41) is 15.9. The maximum Gasteiger partial charge on any atom is 0.231 e. The molecule has 0 fully saturated rings. The number of carbonyl (C=O) groups is 1. The van der Waals surface area contributed by atoms with Crippen LogP contribution in [0.25, 0.3) is 10.9 Å². The van der Waals surface area contributed by atoms with E-state index >= 15 is 0 Å². The zero-order valence-corrected chi connectivity index (χ0v) is 21.2. The van der Waals surface area contributed by atoms with Gasteiger partial charge < -0.3 is 25.2 Å². The zero-order valence-electron chi connectivity index (χ0n) is 20.4. The van der Waals surface area contributed by atoms with Gasteiger partial charge in [0.25, 0.3) is 0 Å². The van der Waals surface area contributed by atoms with Gasteiger partial charge in [-0.3, -0.25) is 4.79 Å². The molecule has 10 heteroatoms. The normalized spacial score (nSPS) is 10.5. The number of ether oxygens (including phenoxy) is 2. The first-order valence-corrected chi connectivity index (χ1v) is 12.0. The fourth-order valence-electron chi connectivity index (χ4n) is 3.50. The molecule has 0 unspecified atom stereocenters. The summed E-state index contributed by atoms with van der Waals surface area (Å²) in [6.07, 6.45) is 1.42. The number of halogens is 2. The lowest BCUT2D eigenvalue weighted by Crippen LogP contribution is -2.20. The van der Waals surface area contributed by atoms with Crippen LogP contribution >= 0.6 is 11.6 Å². The van der Waals surface area contributed by atoms with Gasteiger partial charge in [0.05, 0.1) is 17.6 Å². The minimum Gasteiger partial charge on any atom is -0.493 e. The van der Waals surface area contributed by atoms with E-state index in [0.717, 1.165) is 5.56 Å². The first-order chi connectivity index (χ1) is 18.5. The minimum absolute atomic E-state index is 0.00529. The average molecular weight is 535 g/mol. The summed E-state index contributed by atoms with van der Waals surface area (Å²) in [6, 6.07) is 15.4. The number of fused-ring (bicyclic) bond motifs is 1. The number of aliphatic hydroxyl groups excluding tert-OH is 1. The molecular weight excluding hydrogens is 511 g/mol. The Morgan fingerprint density at radius 1 is 1.11 bits per heavy atom. The molecule has 0 aliphatic carbocycles. The van der Waals surface area contributed by atoms with Gasteiger partial charge in [-0.15, -0.1) is 0 Å². The number of hydrogen-bond acceptors (Lipinski definition) is 8. The van der Waals surface area contributed by atoms with E-state index in [9.17, 15) is 9.18 Å². The zero-order chi connectivity index (χ0) is 26.9. The summed E-state index contributed by atoms with van der Waals surface area (Å²) in [6.45, 7) is 0.972. The van der Waals surface area contributed by atoms with Crippen LogP contribution in [0.3, 0.4) is 0 Å². The van der Waals surface area contributed by atoms with E-state index in [4.69, 9.17) is 26.2 Å². The fourth-order valence-corrected chi connectivity index (χ4v) is 3.68. The number of Topliss-reactive ketones (excluding diaryl/α,β-unsaturated/α-hetero) is 1. The molecule has 8 nitrogen and oxygen atoms in total. The lowest BCUT2D eigenvalue weighted by atomic mass is 10.1. The van der Waals surface area contributed by atoms with E-state index in [-0.39, 0.29) is 5.02 Å². The third-order valence-electron chi connectivity index (χ3n) is 5.41. The Bertz CT molecular complexity index is 1500. The predicted octanol–water partition coefficient (Wildman–Crippen LogP) is 4.26. The van der Waals surface area contributed by atoms with Crippen molar-refractivity contribution in [1.29, 1.82) is 0 Å². The highest BCUT2D eigenvalue weighted by Gasteiger charge is 2.12. The standard InChI is InChI=1S/C28H24ClFN4O4/c1-37-26-14-25-22(28(33-17-32-25)34-20-7-9-24(30)23(29)12-20)13-27(26)38-11-10-31-15-19-4-2-18(3-5-19)6-8-21(36)16-35/h2-5,7,9,12-14,17,31,35H,10-11,15-16H2,1H3,(H,32,33,34). The molecule has 0 amide bonds. The lowest BCUT2D eigenvalue weighted by Gasteiger charge is -2.14. The van der Waals surface area contributed by atoms with Gasteiger partial charge in [-0.05, 0) is 47.9 Å². The summed E-state index contributed by atoms with van der Waals surface area (Å²) in [5.41, 5.74) is 2.97. The molecule has 3 N–H and O–H groups in total. The number of methoxy groups -OCH3 is 1. The van der Waals surface area contributed by atoms with Crippen LogP contribution in [-0.4, -0.2) is 47.7 Å². The second kappa shape index (κ2) is 12.8. The van der Waals surface area contributed by atoms with Crippen LogP contribution in [0, 0.1) is 17.7 Å². The summed E-state index contributed by atoms with van der Waals surface area (Å²) >= 11 is 5.91. The molecule has 0 saturated carbocycles. The second-order valence-corrected chi connectivity index (χ2v) is 8.46. The Morgan fingerprint density at radius 2 is 1.92 bits per heavy atom. The Labute approximate surface area is 223 Å². The predicted molar refractivity (Wildman–Crippen MR) is 143 cm³/mol. The maximum absolute atomic E-state index is 13.5. The molecule has 1 heterocycles. The van der Waals surface area contributed by atoms with E-state index in [0.29, 0.717) is 59.2 Å². The van der Waals surface area contributed by atoms with E-state index in [2.05, 4.69) is 32.4 Å². The number of nitrogens with one attached hydrogen (secondary N) is 2. The van der Waals surface area contributed by atoms with Crippen molar-refractivity contribution in [3.05, 3.63) is 82.9 Å². The molecule has 0 radical (unpaired) electrons. The van der Waals surface area contributed by atoms with Crippen molar-refractivity contribution in [2.75, 3.05) is 32.2 Å².